The molecular formula is C11H22N2O3. The fourth-order valence-electron chi connectivity index (χ4n) is 1.80. The van der Waals surface area contributed by atoms with E-state index in [9.17, 15) is 4.79 Å². The van der Waals surface area contributed by atoms with E-state index in [1.165, 1.54) is 4.90 Å². The van der Waals surface area contributed by atoms with Gasteiger partial charge in [0.1, 0.15) is 17.0 Å². The van der Waals surface area contributed by atoms with Crippen molar-refractivity contribution in [2.24, 2.45) is 5.73 Å². The van der Waals surface area contributed by atoms with Gasteiger partial charge in [0.15, 0.2) is 0 Å². The van der Waals surface area contributed by atoms with Gasteiger partial charge in [-0.05, 0) is 41.5 Å². The molecule has 0 bridgehead atoms. The van der Waals surface area contributed by atoms with Crippen LogP contribution in [0, 0.1) is 0 Å². The number of nitrogens with zero attached hydrogens (tertiary/aromatic N) is 1. The third-order valence-corrected chi connectivity index (χ3v) is 2.34. The Morgan fingerprint density at radius 3 is 2.19 bits per heavy atom. The summed E-state index contributed by atoms with van der Waals surface area (Å²) < 4.78 is 10.8. The van der Waals surface area contributed by atoms with Crippen LogP contribution in [0.2, 0.25) is 0 Å². The van der Waals surface area contributed by atoms with E-state index in [0.29, 0.717) is 6.61 Å². The molecule has 1 atom stereocenters. The van der Waals surface area contributed by atoms with E-state index in [-0.39, 0.29) is 0 Å². The summed E-state index contributed by atoms with van der Waals surface area (Å²) in [4.78, 5) is 13.5. The number of rotatable bonds is 0. The molecule has 94 valence electrons. The molecule has 1 amide bonds. The Labute approximate surface area is 96.9 Å². The number of ether oxygens (including phenoxy) is 2. The summed E-state index contributed by atoms with van der Waals surface area (Å²) in [7, 11) is 0. The number of amides is 1. The predicted octanol–water partition coefficient (Wildman–Crippen LogP) is 1.66. The zero-order chi connectivity index (χ0) is 12.8. The summed E-state index contributed by atoms with van der Waals surface area (Å²) in [5.74, 6) is 0. The second-order valence-electron chi connectivity index (χ2n) is 5.91. The molecule has 1 aliphatic rings. The number of carbonyl (C=O) groups excluding carboxylic acids is 1. The zero-order valence-corrected chi connectivity index (χ0v) is 11.0. The molecule has 0 aromatic carbocycles. The molecule has 0 spiro atoms. The molecule has 1 heterocycles. The topological polar surface area (TPSA) is 64.8 Å². The van der Waals surface area contributed by atoms with Gasteiger partial charge < -0.3 is 15.2 Å². The Kier molecular flexibility index (Phi) is 2.98. The normalized spacial score (nSPS) is 29.3. The third-order valence-electron chi connectivity index (χ3n) is 2.34. The minimum absolute atomic E-state index is 0.305. The van der Waals surface area contributed by atoms with Gasteiger partial charge in [-0.1, -0.05) is 0 Å². The Morgan fingerprint density at radius 1 is 1.38 bits per heavy atom. The minimum Gasteiger partial charge on any atom is -0.444 e. The molecule has 1 saturated heterocycles. The molecule has 0 aliphatic carbocycles. The van der Waals surface area contributed by atoms with Gasteiger partial charge in [-0.3, -0.25) is 4.90 Å². The lowest BCUT2D eigenvalue weighted by molar-refractivity contribution is -0.0675. The second-order valence-corrected chi connectivity index (χ2v) is 5.91. The van der Waals surface area contributed by atoms with Crippen LogP contribution in [0.5, 0.6) is 0 Å². The lowest BCUT2D eigenvalue weighted by Crippen LogP contribution is -2.60. The molecule has 0 radical (unpaired) electrons. The summed E-state index contributed by atoms with van der Waals surface area (Å²) in [5, 5.41) is 0. The van der Waals surface area contributed by atoms with Crippen LogP contribution in [0.1, 0.15) is 41.5 Å². The summed E-state index contributed by atoms with van der Waals surface area (Å²) in [6, 6.07) is 0. The van der Waals surface area contributed by atoms with Crippen LogP contribution in [0.15, 0.2) is 0 Å². The van der Waals surface area contributed by atoms with Crippen LogP contribution >= 0.6 is 0 Å². The van der Waals surface area contributed by atoms with Crippen molar-refractivity contribution < 1.29 is 14.3 Å². The van der Waals surface area contributed by atoms with Crippen LogP contribution < -0.4 is 5.73 Å². The van der Waals surface area contributed by atoms with E-state index in [2.05, 4.69) is 0 Å². The SMILES string of the molecule is CC(C)(C)OC(=O)N1C(C)(N)COC1(C)C. The largest absolute Gasteiger partial charge is 0.444 e. The average molecular weight is 230 g/mol. The van der Waals surface area contributed by atoms with Gasteiger partial charge in [0.25, 0.3) is 0 Å². The van der Waals surface area contributed by atoms with E-state index < -0.39 is 23.1 Å². The minimum atomic E-state index is -0.828. The molecule has 2 N–H and O–H groups in total. The highest BCUT2D eigenvalue weighted by atomic mass is 16.6. The van der Waals surface area contributed by atoms with Crippen molar-refractivity contribution in [1.29, 1.82) is 0 Å². The van der Waals surface area contributed by atoms with Crippen LogP contribution in [0.3, 0.4) is 0 Å². The van der Waals surface area contributed by atoms with Gasteiger partial charge in [0.2, 0.25) is 0 Å². The van der Waals surface area contributed by atoms with E-state index in [1.807, 2.05) is 20.8 Å². The second kappa shape index (κ2) is 3.60. The maximum absolute atomic E-state index is 12.0. The number of nitrogens with two attached hydrogens (primary N) is 1. The smallest absolute Gasteiger partial charge is 0.414 e. The molecule has 1 fully saturated rings. The Hall–Kier alpha value is -0.810. The molecule has 0 saturated carbocycles. The monoisotopic (exact) mass is 230 g/mol. The Balaban J connectivity index is 2.89. The van der Waals surface area contributed by atoms with Crippen molar-refractivity contribution in [3.63, 3.8) is 0 Å². The first-order valence-electron chi connectivity index (χ1n) is 5.42. The first-order chi connectivity index (χ1) is 6.96. The van der Waals surface area contributed by atoms with Gasteiger partial charge in [-0.2, -0.15) is 0 Å². The molecule has 1 unspecified atom stereocenters. The van der Waals surface area contributed by atoms with Gasteiger partial charge in [-0.15, -0.1) is 0 Å². The standard InChI is InChI=1S/C11H22N2O3/c1-9(2,3)16-8(14)13-10(4,5)15-7-11(13,6)12/h7,12H2,1-6H3. The highest BCUT2D eigenvalue weighted by Crippen LogP contribution is 2.32. The van der Waals surface area contributed by atoms with Crippen molar-refractivity contribution in [2.75, 3.05) is 6.61 Å². The van der Waals surface area contributed by atoms with Gasteiger partial charge >= 0.3 is 6.09 Å². The lowest BCUT2D eigenvalue weighted by Gasteiger charge is -2.38. The van der Waals surface area contributed by atoms with E-state index in [0.717, 1.165) is 0 Å². The maximum Gasteiger partial charge on any atom is 0.414 e. The summed E-state index contributed by atoms with van der Waals surface area (Å²) in [6.07, 6.45) is -0.444. The number of hydrogen-bond acceptors (Lipinski definition) is 4. The average Bonchev–Trinajstić information content (AvgIpc) is 2.16. The lowest BCUT2D eigenvalue weighted by atomic mass is 10.1. The summed E-state index contributed by atoms with van der Waals surface area (Å²) in [5.41, 5.74) is 3.92. The Bertz CT molecular complexity index is 276. The molecule has 0 aromatic rings. The molecule has 16 heavy (non-hydrogen) atoms. The third kappa shape index (κ3) is 2.65. The first-order valence-corrected chi connectivity index (χ1v) is 5.42. The predicted molar refractivity (Wildman–Crippen MR) is 60.7 cm³/mol. The molecule has 1 aliphatic heterocycles. The van der Waals surface area contributed by atoms with Crippen molar-refractivity contribution in [1.82, 2.24) is 4.90 Å². The summed E-state index contributed by atoms with van der Waals surface area (Å²) >= 11 is 0. The molecular weight excluding hydrogens is 208 g/mol. The van der Waals surface area contributed by atoms with Crippen molar-refractivity contribution in [3.8, 4) is 0 Å². The summed E-state index contributed by atoms with van der Waals surface area (Å²) in [6.45, 7) is 11.1. The molecule has 5 heteroatoms. The van der Waals surface area contributed by atoms with E-state index in [1.54, 1.807) is 20.8 Å². The highest BCUT2D eigenvalue weighted by Gasteiger charge is 2.50. The highest BCUT2D eigenvalue weighted by molar-refractivity contribution is 5.70. The first kappa shape index (κ1) is 13.3. The van der Waals surface area contributed by atoms with Gasteiger partial charge in [-0.25, -0.2) is 4.79 Å². The van der Waals surface area contributed by atoms with Crippen LogP contribution in [0.25, 0.3) is 0 Å². The Morgan fingerprint density at radius 2 is 1.88 bits per heavy atom. The van der Waals surface area contributed by atoms with Gasteiger partial charge in [0, 0.05) is 0 Å². The molecule has 5 nitrogen and oxygen atoms in total. The van der Waals surface area contributed by atoms with Gasteiger partial charge in [0.05, 0.1) is 6.61 Å². The number of hydrogen-bond donors (Lipinski definition) is 1. The quantitative estimate of drug-likeness (QED) is 0.687. The van der Waals surface area contributed by atoms with E-state index >= 15 is 0 Å². The van der Waals surface area contributed by atoms with Crippen LogP contribution in [-0.2, 0) is 9.47 Å². The van der Waals surface area contributed by atoms with Crippen LogP contribution in [-0.4, -0.2) is 34.6 Å². The van der Waals surface area contributed by atoms with Crippen molar-refractivity contribution in [2.45, 2.75) is 58.5 Å². The zero-order valence-electron chi connectivity index (χ0n) is 11.0. The fraction of sp³-hybridized carbons (Fsp3) is 0.909. The van der Waals surface area contributed by atoms with E-state index in [4.69, 9.17) is 15.2 Å². The molecule has 1 rings (SSSR count). The number of carbonyl (C=O) groups is 1. The van der Waals surface area contributed by atoms with Crippen molar-refractivity contribution in [3.05, 3.63) is 0 Å². The van der Waals surface area contributed by atoms with Crippen LogP contribution in [0.4, 0.5) is 4.79 Å². The maximum atomic E-state index is 12.0. The fourth-order valence-corrected chi connectivity index (χ4v) is 1.80. The molecule has 0 aromatic heterocycles. The van der Waals surface area contributed by atoms with Crippen molar-refractivity contribution >= 4 is 6.09 Å².